The SMILES string of the molecule is Cc1ccc(C(=O)Nc2ccccc2C(=O)N/N=C\c2ccccc2O)cc1. The summed E-state index contributed by atoms with van der Waals surface area (Å²) in [5.74, 6) is -0.726. The van der Waals surface area contributed by atoms with E-state index in [1.165, 1.54) is 12.3 Å². The number of phenols is 1. The van der Waals surface area contributed by atoms with Crippen molar-refractivity contribution < 1.29 is 14.7 Å². The third kappa shape index (κ3) is 4.62. The summed E-state index contributed by atoms with van der Waals surface area (Å²) in [6.07, 6.45) is 1.35. The molecule has 0 spiro atoms. The Balaban J connectivity index is 1.72. The highest BCUT2D eigenvalue weighted by Crippen LogP contribution is 2.17. The Labute approximate surface area is 162 Å². The zero-order valence-electron chi connectivity index (χ0n) is 15.2. The highest BCUT2D eigenvalue weighted by Gasteiger charge is 2.13. The minimum absolute atomic E-state index is 0.0614. The molecule has 28 heavy (non-hydrogen) atoms. The van der Waals surface area contributed by atoms with Crippen molar-refractivity contribution in [1.82, 2.24) is 5.43 Å². The van der Waals surface area contributed by atoms with Crippen molar-refractivity contribution in [2.45, 2.75) is 6.92 Å². The summed E-state index contributed by atoms with van der Waals surface area (Å²) in [6.45, 7) is 1.94. The molecule has 0 aliphatic heterocycles. The predicted molar refractivity (Wildman–Crippen MR) is 109 cm³/mol. The van der Waals surface area contributed by atoms with Crippen molar-refractivity contribution in [2.24, 2.45) is 5.10 Å². The van der Waals surface area contributed by atoms with Crippen LogP contribution in [0, 0.1) is 6.92 Å². The molecular weight excluding hydrogens is 354 g/mol. The predicted octanol–water partition coefficient (Wildman–Crippen LogP) is 3.72. The lowest BCUT2D eigenvalue weighted by Crippen LogP contribution is -2.21. The van der Waals surface area contributed by atoms with Gasteiger partial charge in [-0.05, 0) is 43.3 Å². The van der Waals surface area contributed by atoms with Gasteiger partial charge in [0.1, 0.15) is 5.75 Å². The molecule has 0 aromatic heterocycles. The summed E-state index contributed by atoms with van der Waals surface area (Å²) in [5.41, 5.74) is 5.09. The third-order valence-corrected chi connectivity index (χ3v) is 4.04. The Bertz CT molecular complexity index is 1030. The van der Waals surface area contributed by atoms with Crippen molar-refractivity contribution in [2.75, 3.05) is 5.32 Å². The Morgan fingerprint density at radius 1 is 0.893 bits per heavy atom. The molecule has 3 aromatic rings. The standard InChI is InChI=1S/C22H19N3O3/c1-15-10-12-16(13-11-15)21(27)24-19-8-4-3-7-18(19)22(28)25-23-14-17-6-2-5-9-20(17)26/h2-14,26H,1H3,(H,24,27)(H,25,28)/b23-14-. The first-order valence-corrected chi connectivity index (χ1v) is 8.63. The highest BCUT2D eigenvalue weighted by atomic mass is 16.3. The quantitative estimate of drug-likeness (QED) is 0.470. The number of carbonyl (C=O) groups excluding carboxylic acids is 2. The molecule has 0 radical (unpaired) electrons. The van der Waals surface area contributed by atoms with Crippen LogP contribution in [-0.2, 0) is 0 Å². The lowest BCUT2D eigenvalue weighted by molar-refractivity contribution is 0.0956. The molecule has 0 heterocycles. The number of hydrazone groups is 1. The fraction of sp³-hybridized carbons (Fsp3) is 0.0455. The van der Waals surface area contributed by atoms with Gasteiger partial charge in [0.2, 0.25) is 0 Å². The number of hydrogen-bond donors (Lipinski definition) is 3. The van der Waals surface area contributed by atoms with E-state index in [0.717, 1.165) is 5.56 Å². The van der Waals surface area contributed by atoms with Gasteiger partial charge in [-0.3, -0.25) is 9.59 Å². The summed E-state index contributed by atoms with van der Waals surface area (Å²) >= 11 is 0. The largest absolute Gasteiger partial charge is 0.507 e. The van der Waals surface area contributed by atoms with Crippen molar-refractivity contribution in [3.63, 3.8) is 0 Å². The minimum atomic E-state index is -0.480. The van der Waals surface area contributed by atoms with E-state index in [0.29, 0.717) is 16.8 Å². The van der Waals surface area contributed by atoms with Crippen LogP contribution in [0.15, 0.2) is 77.9 Å². The van der Waals surface area contributed by atoms with Crippen LogP contribution in [0.25, 0.3) is 0 Å². The van der Waals surface area contributed by atoms with E-state index < -0.39 is 5.91 Å². The minimum Gasteiger partial charge on any atom is -0.507 e. The number of nitrogens with zero attached hydrogens (tertiary/aromatic N) is 1. The molecule has 0 saturated carbocycles. The Hall–Kier alpha value is -3.93. The number of para-hydroxylation sites is 2. The lowest BCUT2D eigenvalue weighted by atomic mass is 10.1. The summed E-state index contributed by atoms with van der Waals surface area (Å²) in [4.78, 5) is 24.9. The number of phenolic OH excluding ortho intramolecular Hbond substituents is 1. The number of aromatic hydroxyl groups is 1. The summed E-state index contributed by atoms with van der Waals surface area (Å²) < 4.78 is 0. The number of hydrogen-bond acceptors (Lipinski definition) is 4. The van der Waals surface area contributed by atoms with E-state index in [1.54, 1.807) is 54.6 Å². The first-order valence-electron chi connectivity index (χ1n) is 8.63. The van der Waals surface area contributed by atoms with E-state index in [1.807, 2.05) is 19.1 Å². The van der Waals surface area contributed by atoms with E-state index in [2.05, 4.69) is 15.8 Å². The maximum absolute atomic E-state index is 12.5. The van der Waals surface area contributed by atoms with Crippen LogP contribution in [0.5, 0.6) is 5.75 Å². The fourth-order valence-electron chi connectivity index (χ4n) is 2.51. The lowest BCUT2D eigenvalue weighted by Gasteiger charge is -2.10. The second kappa shape index (κ2) is 8.64. The van der Waals surface area contributed by atoms with Gasteiger partial charge in [-0.2, -0.15) is 5.10 Å². The van der Waals surface area contributed by atoms with Gasteiger partial charge < -0.3 is 10.4 Å². The van der Waals surface area contributed by atoms with Gasteiger partial charge >= 0.3 is 0 Å². The van der Waals surface area contributed by atoms with Crippen LogP contribution in [-0.4, -0.2) is 23.1 Å². The van der Waals surface area contributed by atoms with Crippen LogP contribution in [0.1, 0.15) is 31.8 Å². The number of aryl methyl sites for hydroxylation is 1. The zero-order valence-corrected chi connectivity index (χ0v) is 15.2. The van der Waals surface area contributed by atoms with E-state index in [-0.39, 0.29) is 17.2 Å². The normalized spacial score (nSPS) is 10.6. The smallest absolute Gasteiger partial charge is 0.273 e. The average molecular weight is 373 g/mol. The number of anilines is 1. The van der Waals surface area contributed by atoms with Crippen molar-refractivity contribution in [3.8, 4) is 5.75 Å². The number of rotatable bonds is 5. The van der Waals surface area contributed by atoms with Crippen molar-refractivity contribution in [1.29, 1.82) is 0 Å². The number of carbonyl (C=O) groups is 2. The van der Waals surface area contributed by atoms with Gasteiger partial charge in [0.25, 0.3) is 11.8 Å². The van der Waals surface area contributed by atoms with E-state index in [4.69, 9.17) is 0 Å². The van der Waals surface area contributed by atoms with Crippen LogP contribution >= 0.6 is 0 Å². The van der Waals surface area contributed by atoms with Gasteiger partial charge in [0, 0.05) is 11.1 Å². The maximum Gasteiger partial charge on any atom is 0.273 e. The summed E-state index contributed by atoms with van der Waals surface area (Å²) in [5, 5.41) is 16.3. The molecule has 6 heteroatoms. The fourth-order valence-corrected chi connectivity index (χ4v) is 2.51. The molecule has 3 aromatic carbocycles. The summed E-state index contributed by atoms with van der Waals surface area (Å²) in [7, 11) is 0. The monoisotopic (exact) mass is 373 g/mol. The first-order chi connectivity index (χ1) is 13.5. The van der Waals surface area contributed by atoms with Crippen LogP contribution in [0.2, 0.25) is 0 Å². The van der Waals surface area contributed by atoms with Crippen LogP contribution in [0.4, 0.5) is 5.69 Å². The van der Waals surface area contributed by atoms with Crippen LogP contribution in [0.3, 0.4) is 0 Å². The van der Waals surface area contributed by atoms with Gasteiger partial charge in [-0.1, -0.05) is 42.0 Å². The topological polar surface area (TPSA) is 90.8 Å². The van der Waals surface area contributed by atoms with E-state index in [9.17, 15) is 14.7 Å². The average Bonchev–Trinajstić information content (AvgIpc) is 2.70. The second-order valence-electron chi connectivity index (χ2n) is 6.12. The van der Waals surface area contributed by atoms with Gasteiger partial charge in [-0.15, -0.1) is 0 Å². The molecule has 2 amide bonds. The Morgan fingerprint density at radius 2 is 1.57 bits per heavy atom. The molecule has 0 aliphatic rings. The molecule has 0 bridgehead atoms. The summed E-state index contributed by atoms with van der Waals surface area (Å²) in [6, 6.07) is 20.5. The molecule has 0 aliphatic carbocycles. The van der Waals surface area contributed by atoms with Gasteiger partial charge in [0.15, 0.2) is 0 Å². The molecular formula is C22H19N3O3. The molecule has 3 rings (SSSR count). The molecule has 3 N–H and O–H groups in total. The third-order valence-electron chi connectivity index (χ3n) is 4.04. The Morgan fingerprint density at radius 3 is 2.32 bits per heavy atom. The molecule has 0 unspecified atom stereocenters. The van der Waals surface area contributed by atoms with Crippen LogP contribution < -0.4 is 10.7 Å². The Kier molecular flexibility index (Phi) is 5.81. The first kappa shape index (κ1) is 18.8. The maximum atomic E-state index is 12.5. The second-order valence-corrected chi connectivity index (χ2v) is 6.12. The number of amides is 2. The number of nitrogens with one attached hydrogen (secondary N) is 2. The molecule has 0 atom stereocenters. The number of benzene rings is 3. The van der Waals surface area contributed by atoms with Gasteiger partial charge in [-0.25, -0.2) is 5.43 Å². The van der Waals surface area contributed by atoms with Gasteiger partial charge in [0.05, 0.1) is 17.5 Å². The molecule has 0 saturated heterocycles. The van der Waals surface area contributed by atoms with Crippen molar-refractivity contribution >= 4 is 23.7 Å². The van der Waals surface area contributed by atoms with E-state index >= 15 is 0 Å². The highest BCUT2D eigenvalue weighted by molar-refractivity contribution is 6.09. The van der Waals surface area contributed by atoms with Crippen molar-refractivity contribution in [3.05, 3.63) is 95.1 Å². The molecule has 140 valence electrons. The molecule has 6 nitrogen and oxygen atoms in total. The zero-order chi connectivity index (χ0) is 19.9. The molecule has 0 fully saturated rings.